The van der Waals surface area contributed by atoms with Gasteiger partial charge in [-0.25, -0.2) is 4.98 Å². The highest BCUT2D eigenvalue weighted by Crippen LogP contribution is 2.40. The van der Waals surface area contributed by atoms with Gasteiger partial charge in [-0.1, -0.05) is 30.3 Å². The molecule has 4 rings (SSSR count). The normalized spacial score (nSPS) is 18.0. The summed E-state index contributed by atoms with van der Waals surface area (Å²) in [4.78, 5) is 6.38. The van der Waals surface area contributed by atoms with Crippen LogP contribution in [0.4, 0.5) is 19.0 Å². The lowest BCUT2D eigenvalue weighted by Crippen LogP contribution is -2.44. The highest BCUT2D eigenvalue weighted by molar-refractivity contribution is 7.88. The summed E-state index contributed by atoms with van der Waals surface area (Å²) in [5.74, 6) is -0.209. The van der Waals surface area contributed by atoms with Crippen LogP contribution in [-0.2, 0) is 14.9 Å². The van der Waals surface area contributed by atoms with E-state index in [1.165, 1.54) is 0 Å². The minimum Gasteiger partial charge on any atom is -0.377 e. The van der Waals surface area contributed by atoms with Crippen molar-refractivity contribution in [3.8, 4) is 17.0 Å². The van der Waals surface area contributed by atoms with Crippen LogP contribution in [0.1, 0.15) is 6.92 Å². The molecule has 0 radical (unpaired) electrons. The fourth-order valence-corrected chi connectivity index (χ4v) is 4.40. The standard InChI is InChI=1S/C18H16F3N3O4S2/c1-11-10-27-8-7-24(11)14-9-13(12-5-3-2-4-6-12)16-15(22-14)17(23-29-16)28-30(25,26)18(19,20)21/h2-6,9,11H,7-8,10H2,1H3/t11-/m1/s1. The first-order chi connectivity index (χ1) is 14.2. The number of ether oxygens (including phenoxy) is 1. The number of fused-ring (bicyclic) bond motifs is 1. The molecule has 0 aliphatic carbocycles. The molecule has 1 saturated heterocycles. The van der Waals surface area contributed by atoms with Gasteiger partial charge in [0.15, 0.2) is 0 Å². The Morgan fingerprint density at radius 3 is 2.67 bits per heavy atom. The van der Waals surface area contributed by atoms with Gasteiger partial charge in [0.1, 0.15) is 11.3 Å². The van der Waals surface area contributed by atoms with Gasteiger partial charge in [-0.15, -0.1) is 0 Å². The third-order valence-corrected chi connectivity index (χ3v) is 6.40. The predicted molar refractivity (Wildman–Crippen MR) is 106 cm³/mol. The molecule has 1 fully saturated rings. The van der Waals surface area contributed by atoms with E-state index in [0.29, 0.717) is 35.8 Å². The molecule has 0 amide bonds. The lowest BCUT2D eigenvalue weighted by atomic mass is 10.1. The maximum absolute atomic E-state index is 12.8. The Morgan fingerprint density at radius 2 is 2.00 bits per heavy atom. The quantitative estimate of drug-likeness (QED) is 0.433. The molecule has 2 aromatic heterocycles. The van der Waals surface area contributed by atoms with Gasteiger partial charge in [0, 0.05) is 12.1 Å². The number of morpholine rings is 1. The molecule has 30 heavy (non-hydrogen) atoms. The molecule has 3 aromatic rings. The molecule has 1 aromatic carbocycles. The van der Waals surface area contributed by atoms with Crippen molar-refractivity contribution in [1.29, 1.82) is 0 Å². The number of hydrogen-bond acceptors (Lipinski definition) is 8. The fraction of sp³-hybridized carbons (Fsp3) is 0.333. The maximum Gasteiger partial charge on any atom is 0.534 e. The van der Waals surface area contributed by atoms with Crippen LogP contribution in [0, 0.1) is 0 Å². The Bertz CT molecular complexity index is 1170. The van der Waals surface area contributed by atoms with Crippen LogP contribution >= 0.6 is 11.5 Å². The summed E-state index contributed by atoms with van der Waals surface area (Å²) in [6.45, 7) is 3.40. The molecule has 0 bridgehead atoms. The molecule has 7 nitrogen and oxygen atoms in total. The van der Waals surface area contributed by atoms with Gasteiger partial charge in [0.05, 0.1) is 24.0 Å². The van der Waals surface area contributed by atoms with Gasteiger partial charge in [-0.05, 0) is 30.1 Å². The van der Waals surface area contributed by atoms with Crippen molar-refractivity contribution in [3.63, 3.8) is 0 Å². The Balaban J connectivity index is 1.89. The second kappa shape index (κ2) is 7.67. The van der Waals surface area contributed by atoms with E-state index in [0.717, 1.165) is 17.1 Å². The first-order valence-corrected chi connectivity index (χ1v) is 11.1. The van der Waals surface area contributed by atoms with Gasteiger partial charge in [0.25, 0.3) is 5.88 Å². The summed E-state index contributed by atoms with van der Waals surface area (Å²) in [6, 6.07) is 11.0. The highest BCUT2D eigenvalue weighted by Gasteiger charge is 2.49. The van der Waals surface area contributed by atoms with E-state index in [1.54, 1.807) is 0 Å². The number of nitrogens with zero attached hydrogens (tertiary/aromatic N) is 3. The number of rotatable bonds is 4. The summed E-state index contributed by atoms with van der Waals surface area (Å²) in [5, 5.41) is 0. The zero-order valence-electron chi connectivity index (χ0n) is 15.6. The molecule has 0 spiro atoms. The molecule has 1 atom stereocenters. The lowest BCUT2D eigenvalue weighted by Gasteiger charge is -2.34. The zero-order valence-corrected chi connectivity index (χ0v) is 17.2. The fourth-order valence-electron chi connectivity index (χ4n) is 3.14. The van der Waals surface area contributed by atoms with E-state index >= 15 is 0 Å². The number of benzene rings is 1. The first-order valence-electron chi connectivity index (χ1n) is 8.88. The van der Waals surface area contributed by atoms with Gasteiger partial charge >= 0.3 is 15.6 Å². The van der Waals surface area contributed by atoms with E-state index in [2.05, 4.69) is 13.5 Å². The van der Waals surface area contributed by atoms with Crippen LogP contribution in [0.15, 0.2) is 36.4 Å². The SMILES string of the molecule is C[C@@H]1COCCN1c1cc(-c2ccccc2)c2snc(OS(=O)(=O)C(F)(F)F)c2n1. The van der Waals surface area contributed by atoms with Crippen molar-refractivity contribution in [1.82, 2.24) is 9.36 Å². The van der Waals surface area contributed by atoms with Gasteiger partial charge in [0.2, 0.25) is 0 Å². The molecule has 0 N–H and O–H groups in total. The Labute approximate surface area is 174 Å². The third kappa shape index (κ3) is 3.82. The summed E-state index contributed by atoms with van der Waals surface area (Å²) < 4.78 is 75.5. The maximum atomic E-state index is 12.8. The monoisotopic (exact) mass is 459 g/mol. The number of anilines is 1. The molecule has 0 unspecified atom stereocenters. The topological polar surface area (TPSA) is 81.6 Å². The molecule has 3 heterocycles. The minimum atomic E-state index is -5.87. The number of halogens is 3. The van der Waals surface area contributed by atoms with Crippen LogP contribution in [-0.4, -0.2) is 49.1 Å². The van der Waals surface area contributed by atoms with Gasteiger partial charge in [-0.3, -0.25) is 0 Å². The highest BCUT2D eigenvalue weighted by atomic mass is 32.2. The summed E-state index contributed by atoms with van der Waals surface area (Å²) in [6.07, 6.45) is 0. The average Bonchev–Trinajstić information content (AvgIpc) is 3.09. The minimum absolute atomic E-state index is 0.0257. The molecular weight excluding hydrogens is 443 g/mol. The van der Waals surface area contributed by atoms with Crippen LogP contribution in [0.3, 0.4) is 0 Å². The molecule has 160 valence electrons. The van der Waals surface area contributed by atoms with E-state index in [9.17, 15) is 21.6 Å². The van der Waals surface area contributed by atoms with E-state index in [-0.39, 0.29) is 11.6 Å². The smallest absolute Gasteiger partial charge is 0.377 e. The molecular formula is C18H16F3N3O4S2. The van der Waals surface area contributed by atoms with Crippen molar-refractivity contribution in [2.75, 3.05) is 24.7 Å². The predicted octanol–water partition coefficient (Wildman–Crippen LogP) is 3.81. The van der Waals surface area contributed by atoms with Crippen LogP contribution in [0.2, 0.25) is 0 Å². The summed E-state index contributed by atoms with van der Waals surface area (Å²) >= 11 is 0.830. The second-order valence-corrected chi connectivity index (χ2v) is 8.97. The molecule has 12 heteroatoms. The van der Waals surface area contributed by atoms with Crippen LogP contribution < -0.4 is 9.08 Å². The van der Waals surface area contributed by atoms with Crippen molar-refractivity contribution in [3.05, 3.63) is 36.4 Å². The van der Waals surface area contributed by atoms with E-state index in [1.807, 2.05) is 48.2 Å². The first kappa shape index (κ1) is 20.8. The molecule has 0 saturated carbocycles. The molecule has 1 aliphatic rings. The number of pyridine rings is 1. The van der Waals surface area contributed by atoms with Crippen molar-refractivity contribution >= 4 is 37.7 Å². The van der Waals surface area contributed by atoms with Gasteiger partial charge in [-0.2, -0.15) is 26.0 Å². The van der Waals surface area contributed by atoms with Crippen LogP contribution in [0.25, 0.3) is 21.3 Å². The van der Waals surface area contributed by atoms with E-state index < -0.39 is 21.5 Å². The Hall–Kier alpha value is -2.44. The van der Waals surface area contributed by atoms with Crippen molar-refractivity contribution in [2.45, 2.75) is 18.5 Å². The van der Waals surface area contributed by atoms with Crippen molar-refractivity contribution in [2.24, 2.45) is 0 Å². The zero-order chi connectivity index (χ0) is 21.5. The van der Waals surface area contributed by atoms with Crippen molar-refractivity contribution < 1.29 is 30.5 Å². The lowest BCUT2D eigenvalue weighted by molar-refractivity contribution is -0.0500. The van der Waals surface area contributed by atoms with Crippen LogP contribution in [0.5, 0.6) is 5.88 Å². The summed E-state index contributed by atoms with van der Waals surface area (Å²) in [5.41, 5.74) is -4.14. The largest absolute Gasteiger partial charge is 0.534 e. The molecule has 1 aliphatic heterocycles. The number of hydrogen-bond donors (Lipinski definition) is 0. The number of aromatic nitrogens is 2. The number of alkyl halides is 3. The Morgan fingerprint density at radius 1 is 1.27 bits per heavy atom. The second-order valence-electron chi connectivity index (χ2n) is 6.66. The average molecular weight is 459 g/mol. The van der Waals surface area contributed by atoms with Gasteiger partial charge < -0.3 is 13.8 Å². The summed E-state index contributed by atoms with van der Waals surface area (Å²) in [7, 11) is -5.87. The third-order valence-electron chi connectivity index (χ3n) is 4.60. The van der Waals surface area contributed by atoms with E-state index in [4.69, 9.17) is 4.74 Å². The Kier molecular flexibility index (Phi) is 5.32.